The third kappa shape index (κ3) is 4.56. The van der Waals surface area contributed by atoms with Crippen molar-refractivity contribution in [3.63, 3.8) is 0 Å². The molecule has 0 spiro atoms. The van der Waals surface area contributed by atoms with E-state index in [-0.39, 0.29) is 6.10 Å². The lowest BCUT2D eigenvalue weighted by Crippen LogP contribution is -2.19. The normalized spacial score (nSPS) is 13.9. The number of nitrogens with two attached hydrogens (primary N) is 1. The van der Waals surface area contributed by atoms with Crippen LogP contribution in [0.2, 0.25) is 0 Å². The van der Waals surface area contributed by atoms with Gasteiger partial charge in [-0.05, 0) is 12.8 Å². The van der Waals surface area contributed by atoms with Crippen LogP contribution in [0.5, 0.6) is 0 Å². The molecular formula is C5H12BrNO. The van der Waals surface area contributed by atoms with Gasteiger partial charge in [0.2, 0.25) is 0 Å². The van der Waals surface area contributed by atoms with E-state index in [0.717, 1.165) is 18.2 Å². The fourth-order valence-electron chi connectivity index (χ4n) is 0.431. The molecule has 3 heteroatoms. The molecule has 0 fully saturated rings. The molecular weight excluding hydrogens is 170 g/mol. The summed E-state index contributed by atoms with van der Waals surface area (Å²) in [6, 6.07) is 0. The number of alkyl halides is 1. The summed E-state index contributed by atoms with van der Waals surface area (Å²) in [4.78, 5) is 0. The minimum atomic E-state index is -0.299. The molecule has 0 saturated heterocycles. The van der Waals surface area contributed by atoms with E-state index in [1.165, 1.54) is 0 Å². The molecule has 0 heterocycles. The van der Waals surface area contributed by atoms with Crippen LogP contribution in [0.3, 0.4) is 0 Å². The molecule has 0 aliphatic carbocycles. The van der Waals surface area contributed by atoms with Gasteiger partial charge in [-0.15, -0.1) is 0 Å². The zero-order chi connectivity index (χ0) is 6.41. The molecule has 3 N–H and O–H groups in total. The summed E-state index contributed by atoms with van der Waals surface area (Å²) in [5.74, 6) is 0. The van der Waals surface area contributed by atoms with Crippen molar-refractivity contribution in [1.29, 1.82) is 0 Å². The number of halogens is 1. The highest BCUT2D eigenvalue weighted by atomic mass is 79.9. The van der Waals surface area contributed by atoms with Crippen LogP contribution in [0.4, 0.5) is 0 Å². The highest BCUT2D eigenvalue weighted by Gasteiger charge is 1.97. The number of rotatable bonds is 4. The zero-order valence-corrected chi connectivity index (χ0v) is 6.39. The van der Waals surface area contributed by atoms with Crippen LogP contribution < -0.4 is 5.73 Å². The second-order valence-electron chi connectivity index (χ2n) is 1.72. The second-order valence-corrected chi connectivity index (χ2v) is 2.51. The lowest BCUT2D eigenvalue weighted by atomic mass is 10.2. The summed E-state index contributed by atoms with van der Waals surface area (Å²) in [6.07, 6.45) is 1.51. The molecule has 0 aliphatic heterocycles. The lowest BCUT2D eigenvalue weighted by molar-refractivity contribution is 0.172. The average molecular weight is 182 g/mol. The summed E-state index contributed by atoms with van der Waals surface area (Å²) in [6.45, 7) is 0.382. The molecule has 0 radical (unpaired) electrons. The lowest BCUT2D eigenvalue weighted by Gasteiger charge is -2.03. The maximum absolute atomic E-state index is 8.84. The van der Waals surface area contributed by atoms with Gasteiger partial charge in [-0.3, -0.25) is 0 Å². The molecule has 0 aromatic rings. The third-order valence-corrected chi connectivity index (χ3v) is 1.50. The number of hydrogen-bond acceptors (Lipinski definition) is 2. The van der Waals surface area contributed by atoms with E-state index in [2.05, 4.69) is 15.9 Å². The summed E-state index contributed by atoms with van der Waals surface area (Å²) in [5, 5.41) is 9.79. The average Bonchev–Trinajstić information content (AvgIpc) is 1.83. The molecule has 50 valence electrons. The van der Waals surface area contributed by atoms with Crippen molar-refractivity contribution >= 4 is 15.9 Å². The predicted octanol–water partition coefficient (Wildman–Crippen LogP) is 0.481. The highest BCUT2D eigenvalue weighted by Crippen LogP contribution is 1.97. The smallest absolute Gasteiger partial charge is 0.0662 e. The van der Waals surface area contributed by atoms with E-state index >= 15 is 0 Å². The first kappa shape index (κ1) is 8.40. The predicted molar refractivity (Wildman–Crippen MR) is 38.1 cm³/mol. The monoisotopic (exact) mass is 181 g/mol. The third-order valence-electron chi connectivity index (χ3n) is 0.943. The summed E-state index contributed by atoms with van der Waals surface area (Å²) < 4.78 is 0. The van der Waals surface area contributed by atoms with Gasteiger partial charge in [-0.1, -0.05) is 15.9 Å². The van der Waals surface area contributed by atoms with Crippen molar-refractivity contribution in [2.75, 3.05) is 11.9 Å². The van der Waals surface area contributed by atoms with E-state index in [1.54, 1.807) is 0 Å². The van der Waals surface area contributed by atoms with Crippen molar-refractivity contribution in [3.8, 4) is 0 Å². The fourth-order valence-corrected chi connectivity index (χ4v) is 0.754. The molecule has 0 bridgehead atoms. The van der Waals surface area contributed by atoms with Crippen molar-refractivity contribution < 1.29 is 5.11 Å². The largest absolute Gasteiger partial charge is 0.392 e. The van der Waals surface area contributed by atoms with Gasteiger partial charge < -0.3 is 10.8 Å². The Balaban J connectivity index is 2.86. The Labute approximate surface area is 58.2 Å². The Hall–Kier alpha value is 0.400. The Morgan fingerprint density at radius 3 is 2.62 bits per heavy atom. The Morgan fingerprint density at radius 1 is 1.62 bits per heavy atom. The van der Waals surface area contributed by atoms with E-state index in [9.17, 15) is 0 Å². The molecule has 0 aliphatic rings. The van der Waals surface area contributed by atoms with Gasteiger partial charge in [0.05, 0.1) is 6.10 Å². The first-order valence-corrected chi connectivity index (χ1v) is 3.87. The number of aliphatic hydroxyl groups excluding tert-OH is 1. The van der Waals surface area contributed by atoms with E-state index in [1.807, 2.05) is 0 Å². The summed E-state index contributed by atoms with van der Waals surface area (Å²) in [7, 11) is 0. The molecule has 2 nitrogen and oxygen atoms in total. The standard InChI is InChI=1S/C5H12BrNO/c6-3-1-2-5(8)4-7/h5,8H,1-4,7H2. The van der Waals surface area contributed by atoms with Crippen molar-refractivity contribution in [2.45, 2.75) is 18.9 Å². The van der Waals surface area contributed by atoms with Gasteiger partial charge in [0.15, 0.2) is 0 Å². The van der Waals surface area contributed by atoms with E-state index < -0.39 is 0 Å². The van der Waals surface area contributed by atoms with Gasteiger partial charge in [-0.25, -0.2) is 0 Å². The molecule has 0 amide bonds. The van der Waals surface area contributed by atoms with Gasteiger partial charge >= 0.3 is 0 Å². The van der Waals surface area contributed by atoms with Crippen LogP contribution in [-0.4, -0.2) is 23.1 Å². The Bertz CT molecular complexity index is 51.7. The number of aliphatic hydroxyl groups is 1. The molecule has 0 aromatic heterocycles. The fraction of sp³-hybridized carbons (Fsp3) is 1.00. The van der Waals surface area contributed by atoms with Crippen LogP contribution in [0, 0.1) is 0 Å². The van der Waals surface area contributed by atoms with Gasteiger partial charge in [-0.2, -0.15) is 0 Å². The highest BCUT2D eigenvalue weighted by molar-refractivity contribution is 9.09. The SMILES string of the molecule is NCC(O)CCCBr. The quantitative estimate of drug-likeness (QED) is 0.621. The molecule has 0 aromatic carbocycles. The van der Waals surface area contributed by atoms with E-state index in [4.69, 9.17) is 10.8 Å². The molecule has 0 rings (SSSR count). The molecule has 0 saturated carbocycles. The Morgan fingerprint density at radius 2 is 2.25 bits per heavy atom. The first-order valence-electron chi connectivity index (χ1n) is 2.75. The topological polar surface area (TPSA) is 46.2 Å². The van der Waals surface area contributed by atoms with E-state index in [0.29, 0.717) is 6.54 Å². The number of hydrogen-bond donors (Lipinski definition) is 2. The maximum atomic E-state index is 8.84. The molecule has 1 atom stereocenters. The molecule has 8 heavy (non-hydrogen) atoms. The second kappa shape index (κ2) is 5.54. The van der Waals surface area contributed by atoms with Gasteiger partial charge in [0.25, 0.3) is 0 Å². The Kier molecular flexibility index (Phi) is 5.81. The van der Waals surface area contributed by atoms with Crippen LogP contribution >= 0.6 is 15.9 Å². The summed E-state index contributed by atoms with van der Waals surface area (Å²) in [5.41, 5.74) is 5.15. The first-order chi connectivity index (χ1) is 3.81. The summed E-state index contributed by atoms with van der Waals surface area (Å²) >= 11 is 3.26. The van der Waals surface area contributed by atoms with Crippen LogP contribution in [0.25, 0.3) is 0 Å². The van der Waals surface area contributed by atoms with Gasteiger partial charge in [0, 0.05) is 11.9 Å². The van der Waals surface area contributed by atoms with Gasteiger partial charge in [0.1, 0.15) is 0 Å². The van der Waals surface area contributed by atoms with Crippen LogP contribution in [-0.2, 0) is 0 Å². The zero-order valence-electron chi connectivity index (χ0n) is 4.81. The van der Waals surface area contributed by atoms with Crippen LogP contribution in [0.15, 0.2) is 0 Å². The minimum Gasteiger partial charge on any atom is -0.392 e. The maximum Gasteiger partial charge on any atom is 0.0662 e. The van der Waals surface area contributed by atoms with Crippen LogP contribution in [0.1, 0.15) is 12.8 Å². The minimum absolute atomic E-state index is 0.299. The van der Waals surface area contributed by atoms with Crippen molar-refractivity contribution in [3.05, 3.63) is 0 Å². The van der Waals surface area contributed by atoms with Crippen molar-refractivity contribution in [2.24, 2.45) is 5.73 Å². The van der Waals surface area contributed by atoms with Crippen molar-refractivity contribution in [1.82, 2.24) is 0 Å². The molecule has 1 unspecified atom stereocenters.